The van der Waals surface area contributed by atoms with Gasteiger partial charge in [0.1, 0.15) is 12.1 Å². The van der Waals surface area contributed by atoms with Crippen molar-refractivity contribution in [2.45, 2.75) is 51.0 Å². The molecule has 1 saturated heterocycles. The lowest BCUT2D eigenvalue weighted by atomic mass is 9.90. The minimum Gasteiger partial charge on any atom is -0.352 e. The van der Waals surface area contributed by atoms with Crippen LogP contribution < -0.4 is 16.0 Å². The van der Waals surface area contributed by atoms with Crippen LogP contribution in [0.3, 0.4) is 0 Å². The molecule has 1 spiro atoms. The number of nitrogens with one attached hydrogen (secondary N) is 3. The Bertz CT molecular complexity index is 784. The van der Waals surface area contributed by atoms with Crippen molar-refractivity contribution in [1.29, 1.82) is 0 Å². The summed E-state index contributed by atoms with van der Waals surface area (Å²) in [6.07, 6.45) is 5.10. The lowest BCUT2D eigenvalue weighted by molar-refractivity contribution is -0.134. The van der Waals surface area contributed by atoms with Crippen molar-refractivity contribution in [2.75, 3.05) is 18.4 Å². The van der Waals surface area contributed by atoms with E-state index in [0.717, 1.165) is 30.6 Å². The first-order valence-corrected chi connectivity index (χ1v) is 9.77. The van der Waals surface area contributed by atoms with Gasteiger partial charge in [0.05, 0.1) is 0 Å². The van der Waals surface area contributed by atoms with E-state index in [-0.39, 0.29) is 18.4 Å². The van der Waals surface area contributed by atoms with Crippen molar-refractivity contribution in [1.82, 2.24) is 15.5 Å². The summed E-state index contributed by atoms with van der Waals surface area (Å²) < 4.78 is 0. The van der Waals surface area contributed by atoms with Crippen LogP contribution in [0.1, 0.15) is 55.8 Å². The standard InChI is InChI=1S/C20H26N4O4/c1-2-21-17(26)14-8-7-9-15(12-14)22-16(25)13-24-18(27)20(23-19(24)28)10-5-3-4-6-11-20/h7-9,12H,2-6,10-11,13H2,1H3,(H,21,26)(H,22,25)(H,23,28). The minimum atomic E-state index is -0.855. The highest BCUT2D eigenvalue weighted by Crippen LogP contribution is 2.32. The van der Waals surface area contributed by atoms with E-state index >= 15 is 0 Å². The number of benzene rings is 1. The fourth-order valence-electron chi connectivity index (χ4n) is 3.84. The molecule has 0 bridgehead atoms. The number of imide groups is 1. The van der Waals surface area contributed by atoms with E-state index in [9.17, 15) is 19.2 Å². The Morgan fingerprint density at radius 2 is 1.86 bits per heavy atom. The molecule has 1 saturated carbocycles. The van der Waals surface area contributed by atoms with Gasteiger partial charge < -0.3 is 16.0 Å². The summed E-state index contributed by atoms with van der Waals surface area (Å²) >= 11 is 0. The molecule has 3 rings (SSSR count). The van der Waals surface area contributed by atoms with Crippen LogP contribution in [-0.2, 0) is 9.59 Å². The summed E-state index contributed by atoms with van der Waals surface area (Å²) in [6, 6.07) is 6.00. The van der Waals surface area contributed by atoms with Gasteiger partial charge in [-0.25, -0.2) is 4.79 Å². The summed E-state index contributed by atoms with van der Waals surface area (Å²) in [5.41, 5.74) is 0.00323. The van der Waals surface area contributed by atoms with E-state index in [1.54, 1.807) is 24.3 Å². The normalized spacial score (nSPS) is 18.5. The lowest BCUT2D eigenvalue weighted by Gasteiger charge is -2.24. The van der Waals surface area contributed by atoms with Gasteiger partial charge in [-0.15, -0.1) is 0 Å². The second-order valence-corrected chi connectivity index (χ2v) is 7.31. The Labute approximate surface area is 164 Å². The topological polar surface area (TPSA) is 108 Å². The highest BCUT2D eigenvalue weighted by Gasteiger charge is 2.51. The fourth-order valence-corrected chi connectivity index (χ4v) is 3.84. The number of carbonyl (C=O) groups excluding carboxylic acids is 4. The van der Waals surface area contributed by atoms with Crippen LogP contribution in [0.15, 0.2) is 24.3 Å². The first-order valence-electron chi connectivity index (χ1n) is 9.77. The molecular formula is C20H26N4O4. The number of anilines is 1. The molecule has 5 amide bonds. The Morgan fingerprint density at radius 3 is 2.54 bits per heavy atom. The van der Waals surface area contributed by atoms with Gasteiger partial charge in [-0.1, -0.05) is 31.7 Å². The maximum atomic E-state index is 12.9. The van der Waals surface area contributed by atoms with Crippen molar-refractivity contribution in [3.8, 4) is 0 Å². The SMILES string of the molecule is CCNC(=O)c1cccc(NC(=O)CN2C(=O)NC3(CCCCCC3)C2=O)c1. The zero-order chi connectivity index (χ0) is 20.1. The van der Waals surface area contributed by atoms with Crippen LogP contribution in [-0.4, -0.2) is 47.3 Å². The van der Waals surface area contributed by atoms with Crippen molar-refractivity contribution in [3.63, 3.8) is 0 Å². The van der Waals surface area contributed by atoms with E-state index in [2.05, 4.69) is 16.0 Å². The van der Waals surface area contributed by atoms with Gasteiger partial charge in [-0.3, -0.25) is 19.3 Å². The average molecular weight is 386 g/mol. The molecule has 8 nitrogen and oxygen atoms in total. The van der Waals surface area contributed by atoms with Crippen molar-refractivity contribution < 1.29 is 19.2 Å². The maximum Gasteiger partial charge on any atom is 0.325 e. The minimum absolute atomic E-state index is 0.233. The molecule has 3 N–H and O–H groups in total. The smallest absolute Gasteiger partial charge is 0.325 e. The number of urea groups is 1. The maximum absolute atomic E-state index is 12.9. The van der Waals surface area contributed by atoms with Gasteiger partial charge in [0.25, 0.3) is 11.8 Å². The molecule has 150 valence electrons. The molecular weight excluding hydrogens is 360 g/mol. The molecule has 28 heavy (non-hydrogen) atoms. The van der Waals surface area contributed by atoms with Gasteiger partial charge >= 0.3 is 6.03 Å². The average Bonchev–Trinajstić information content (AvgIpc) is 2.84. The third-order valence-corrected chi connectivity index (χ3v) is 5.25. The fraction of sp³-hybridized carbons (Fsp3) is 0.500. The van der Waals surface area contributed by atoms with Gasteiger partial charge in [0, 0.05) is 17.8 Å². The largest absolute Gasteiger partial charge is 0.352 e. The van der Waals surface area contributed by atoms with Crippen LogP contribution in [0.4, 0.5) is 10.5 Å². The quantitative estimate of drug-likeness (QED) is 0.673. The number of amides is 5. The third kappa shape index (κ3) is 4.16. The Hall–Kier alpha value is -2.90. The number of rotatable bonds is 5. The molecule has 2 aliphatic rings. The van der Waals surface area contributed by atoms with E-state index in [1.807, 2.05) is 6.92 Å². The molecule has 1 aliphatic carbocycles. The van der Waals surface area contributed by atoms with Gasteiger partial charge in [-0.2, -0.15) is 0 Å². The number of nitrogens with zero attached hydrogens (tertiary/aromatic N) is 1. The third-order valence-electron chi connectivity index (χ3n) is 5.25. The molecule has 1 aromatic carbocycles. The summed E-state index contributed by atoms with van der Waals surface area (Å²) in [6.45, 7) is 1.98. The molecule has 2 fully saturated rings. The highest BCUT2D eigenvalue weighted by molar-refractivity contribution is 6.10. The molecule has 1 heterocycles. The number of carbonyl (C=O) groups is 4. The number of hydrogen-bond donors (Lipinski definition) is 3. The zero-order valence-electron chi connectivity index (χ0n) is 16.0. The van der Waals surface area contributed by atoms with E-state index in [1.165, 1.54) is 0 Å². The zero-order valence-corrected chi connectivity index (χ0v) is 16.0. The van der Waals surface area contributed by atoms with E-state index in [4.69, 9.17) is 0 Å². The molecule has 0 aromatic heterocycles. The predicted molar refractivity (Wildman–Crippen MR) is 104 cm³/mol. The van der Waals surface area contributed by atoms with Crippen molar-refractivity contribution in [3.05, 3.63) is 29.8 Å². The van der Waals surface area contributed by atoms with Crippen LogP contribution in [0.2, 0.25) is 0 Å². The van der Waals surface area contributed by atoms with Crippen LogP contribution in [0, 0.1) is 0 Å². The predicted octanol–water partition coefficient (Wildman–Crippen LogP) is 2.02. The first kappa shape index (κ1) is 19.9. The molecule has 0 unspecified atom stereocenters. The molecule has 8 heteroatoms. The lowest BCUT2D eigenvalue weighted by Crippen LogP contribution is -2.47. The van der Waals surface area contributed by atoms with Gasteiger partial charge in [0.15, 0.2) is 0 Å². The molecule has 0 radical (unpaired) electrons. The first-order chi connectivity index (χ1) is 13.4. The molecule has 1 aromatic rings. The second kappa shape index (κ2) is 8.41. The van der Waals surface area contributed by atoms with Crippen LogP contribution in [0.5, 0.6) is 0 Å². The number of hydrogen-bond acceptors (Lipinski definition) is 4. The van der Waals surface area contributed by atoms with E-state index < -0.39 is 17.5 Å². The van der Waals surface area contributed by atoms with Gasteiger partial charge in [0.2, 0.25) is 5.91 Å². The highest BCUT2D eigenvalue weighted by atomic mass is 16.2. The summed E-state index contributed by atoms with van der Waals surface area (Å²) in [5.74, 6) is -1.03. The Balaban J connectivity index is 1.65. The van der Waals surface area contributed by atoms with Gasteiger partial charge in [-0.05, 0) is 38.0 Å². The second-order valence-electron chi connectivity index (χ2n) is 7.31. The summed E-state index contributed by atoms with van der Waals surface area (Å²) in [5, 5.41) is 8.17. The van der Waals surface area contributed by atoms with Crippen LogP contribution >= 0.6 is 0 Å². The Kier molecular flexibility index (Phi) is 5.96. The monoisotopic (exact) mass is 386 g/mol. The van der Waals surface area contributed by atoms with E-state index in [0.29, 0.717) is 30.6 Å². The van der Waals surface area contributed by atoms with Crippen LogP contribution in [0.25, 0.3) is 0 Å². The van der Waals surface area contributed by atoms with Crippen molar-refractivity contribution in [2.24, 2.45) is 0 Å². The Morgan fingerprint density at radius 1 is 1.14 bits per heavy atom. The van der Waals surface area contributed by atoms with Crippen molar-refractivity contribution >= 4 is 29.4 Å². The summed E-state index contributed by atoms with van der Waals surface area (Å²) in [4.78, 5) is 50.5. The summed E-state index contributed by atoms with van der Waals surface area (Å²) in [7, 11) is 0. The molecule has 0 atom stereocenters. The molecule has 1 aliphatic heterocycles.